The molecule has 0 aliphatic carbocycles. The first-order valence-electron chi connectivity index (χ1n) is 7.30. The second-order valence-electron chi connectivity index (χ2n) is 4.86. The SMILES string of the molecule is O=C(/C=C/c1ccccc1)Nc1nnc(NCc2cccnc2)s1. The van der Waals surface area contributed by atoms with Crippen LogP contribution in [0.3, 0.4) is 0 Å². The molecule has 0 atom stereocenters. The van der Waals surface area contributed by atoms with E-state index < -0.39 is 0 Å². The van der Waals surface area contributed by atoms with Crippen LogP contribution in [0.5, 0.6) is 0 Å². The van der Waals surface area contributed by atoms with Crippen molar-refractivity contribution in [2.45, 2.75) is 6.54 Å². The summed E-state index contributed by atoms with van der Waals surface area (Å²) in [6.45, 7) is 0.602. The van der Waals surface area contributed by atoms with Gasteiger partial charge in [-0.1, -0.05) is 47.7 Å². The number of nitrogens with zero attached hydrogens (tertiary/aromatic N) is 3. The molecule has 2 aromatic heterocycles. The molecule has 3 rings (SSSR count). The molecular weight excluding hydrogens is 322 g/mol. The molecule has 7 heteroatoms. The number of anilines is 2. The molecule has 0 fully saturated rings. The van der Waals surface area contributed by atoms with E-state index in [0.29, 0.717) is 16.8 Å². The van der Waals surface area contributed by atoms with Gasteiger partial charge in [-0.15, -0.1) is 10.2 Å². The van der Waals surface area contributed by atoms with Crippen LogP contribution in [0.4, 0.5) is 10.3 Å². The number of amides is 1. The quantitative estimate of drug-likeness (QED) is 0.675. The number of benzene rings is 1. The first-order valence-corrected chi connectivity index (χ1v) is 8.11. The lowest BCUT2D eigenvalue weighted by Gasteiger charge is -2.00. The van der Waals surface area contributed by atoms with Crippen molar-refractivity contribution in [3.8, 4) is 0 Å². The molecule has 2 heterocycles. The summed E-state index contributed by atoms with van der Waals surface area (Å²) in [6.07, 6.45) is 6.73. The zero-order valence-electron chi connectivity index (χ0n) is 12.7. The Morgan fingerprint density at radius 1 is 1.08 bits per heavy atom. The third-order valence-corrected chi connectivity index (χ3v) is 3.84. The van der Waals surface area contributed by atoms with E-state index in [4.69, 9.17) is 0 Å². The smallest absolute Gasteiger partial charge is 0.250 e. The summed E-state index contributed by atoms with van der Waals surface area (Å²) < 4.78 is 0. The molecule has 0 bridgehead atoms. The first kappa shape index (κ1) is 15.8. The van der Waals surface area contributed by atoms with Crippen molar-refractivity contribution < 1.29 is 4.79 Å². The van der Waals surface area contributed by atoms with Crippen LogP contribution in [0, 0.1) is 0 Å². The Bertz CT molecular complexity index is 817. The molecule has 6 nitrogen and oxygen atoms in total. The van der Waals surface area contributed by atoms with E-state index in [2.05, 4.69) is 25.8 Å². The van der Waals surface area contributed by atoms with Crippen molar-refractivity contribution in [3.05, 3.63) is 72.1 Å². The standard InChI is InChI=1S/C17H15N5OS/c23-15(9-8-13-5-2-1-3-6-13)20-17-22-21-16(24-17)19-12-14-7-4-10-18-11-14/h1-11H,12H2,(H,19,21)(H,20,22,23)/b9-8+. The van der Waals surface area contributed by atoms with Crippen molar-refractivity contribution in [1.29, 1.82) is 0 Å². The lowest BCUT2D eigenvalue weighted by molar-refractivity contribution is -0.111. The van der Waals surface area contributed by atoms with Gasteiger partial charge in [0.05, 0.1) is 0 Å². The van der Waals surface area contributed by atoms with Gasteiger partial charge in [0.25, 0.3) is 0 Å². The van der Waals surface area contributed by atoms with Gasteiger partial charge in [-0.2, -0.15) is 0 Å². The molecule has 120 valence electrons. The van der Waals surface area contributed by atoms with E-state index in [0.717, 1.165) is 11.1 Å². The molecule has 0 unspecified atom stereocenters. The number of hydrogen-bond donors (Lipinski definition) is 2. The predicted octanol–water partition coefficient (Wildman–Crippen LogP) is 3.20. The monoisotopic (exact) mass is 337 g/mol. The summed E-state index contributed by atoms with van der Waals surface area (Å²) in [5.41, 5.74) is 2.01. The molecule has 0 aliphatic heterocycles. The van der Waals surface area contributed by atoms with E-state index in [1.807, 2.05) is 42.5 Å². The van der Waals surface area contributed by atoms with Crippen molar-refractivity contribution in [2.75, 3.05) is 10.6 Å². The van der Waals surface area contributed by atoms with E-state index in [9.17, 15) is 4.79 Å². The maximum atomic E-state index is 11.9. The van der Waals surface area contributed by atoms with Crippen LogP contribution in [0.2, 0.25) is 0 Å². The fraction of sp³-hybridized carbons (Fsp3) is 0.0588. The molecule has 0 saturated heterocycles. The van der Waals surface area contributed by atoms with E-state index in [-0.39, 0.29) is 5.91 Å². The molecular formula is C17H15N5OS. The number of nitrogens with one attached hydrogen (secondary N) is 2. The molecule has 1 aromatic carbocycles. The minimum Gasteiger partial charge on any atom is -0.356 e. The maximum absolute atomic E-state index is 11.9. The normalized spacial score (nSPS) is 10.7. The maximum Gasteiger partial charge on any atom is 0.250 e. The van der Waals surface area contributed by atoms with Crippen LogP contribution in [-0.4, -0.2) is 21.1 Å². The number of carbonyl (C=O) groups excluding carboxylic acids is 1. The van der Waals surface area contributed by atoms with Crippen LogP contribution in [-0.2, 0) is 11.3 Å². The summed E-state index contributed by atoms with van der Waals surface area (Å²) in [7, 11) is 0. The van der Waals surface area contributed by atoms with Crippen molar-refractivity contribution in [2.24, 2.45) is 0 Å². The molecule has 0 aliphatic rings. The summed E-state index contributed by atoms with van der Waals surface area (Å²) in [5.74, 6) is -0.242. The van der Waals surface area contributed by atoms with Crippen molar-refractivity contribution >= 4 is 33.6 Å². The van der Waals surface area contributed by atoms with Crippen LogP contribution >= 0.6 is 11.3 Å². The number of carbonyl (C=O) groups is 1. The Balaban J connectivity index is 1.52. The fourth-order valence-corrected chi connectivity index (χ4v) is 2.55. The number of aromatic nitrogens is 3. The Morgan fingerprint density at radius 3 is 2.71 bits per heavy atom. The number of hydrogen-bond acceptors (Lipinski definition) is 6. The van der Waals surface area contributed by atoms with Gasteiger partial charge in [0, 0.05) is 25.0 Å². The van der Waals surface area contributed by atoms with Crippen LogP contribution in [0.1, 0.15) is 11.1 Å². The molecule has 0 spiro atoms. The predicted molar refractivity (Wildman–Crippen MR) is 95.6 cm³/mol. The Hall–Kier alpha value is -3.06. The van der Waals surface area contributed by atoms with Gasteiger partial charge in [0.15, 0.2) is 0 Å². The van der Waals surface area contributed by atoms with Crippen LogP contribution < -0.4 is 10.6 Å². The molecule has 24 heavy (non-hydrogen) atoms. The zero-order chi connectivity index (χ0) is 16.6. The summed E-state index contributed by atoms with van der Waals surface area (Å²) in [4.78, 5) is 15.9. The zero-order valence-corrected chi connectivity index (χ0v) is 13.5. The van der Waals surface area contributed by atoms with Gasteiger partial charge in [0.2, 0.25) is 16.2 Å². The van der Waals surface area contributed by atoms with Gasteiger partial charge in [0.1, 0.15) is 0 Å². The third-order valence-electron chi connectivity index (χ3n) is 3.05. The van der Waals surface area contributed by atoms with Gasteiger partial charge < -0.3 is 5.32 Å². The van der Waals surface area contributed by atoms with Gasteiger partial charge in [-0.05, 0) is 23.3 Å². The van der Waals surface area contributed by atoms with Gasteiger partial charge in [-0.3, -0.25) is 15.1 Å². The lowest BCUT2D eigenvalue weighted by Crippen LogP contribution is -2.07. The van der Waals surface area contributed by atoms with Crippen LogP contribution in [0.25, 0.3) is 6.08 Å². The Kier molecular flexibility index (Phi) is 5.26. The Labute approximate surface area is 143 Å². The van der Waals surface area contributed by atoms with Crippen molar-refractivity contribution in [3.63, 3.8) is 0 Å². The third kappa shape index (κ3) is 4.72. The first-order chi connectivity index (χ1) is 11.8. The largest absolute Gasteiger partial charge is 0.356 e. The summed E-state index contributed by atoms with van der Waals surface area (Å²) in [6, 6.07) is 13.5. The number of rotatable bonds is 6. The minimum absolute atomic E-state index is 0.242. The highest BCUT2D eigenvalue weighted by atomic mass is 32.1. The highest BCUT2D eigenvalue weighted by Gasteiger charge is 2.06. The topological polar surface area (TPSA) is 79.8 Å². The average molecular weight is 337 g/mol. The van der Waals surface area contributed by atoms with Gasteiger partial charge >= 0.3 is 0 Å². The summed E-state index contributed by atoms with van der Waals surface area (Å²) in [5, 5.41) is 14.9. The highest BCUT2D eigenvalue weighted by Crippen LogP contribution is 2.20. The lowest BCUT2D eigenvalue weighted by atomic mass is 10.2. The van der Waals surface area contributed by atoms with Crippen molar-refractivity contribution in [1.82, 2.24) is 15.2 Å². The van der Waals surface area contributed by atoms with E-state index in [1.165, 1.54) is 17.4 Å². The van der Waals surface area contributed by atoms with E-state index >= 15 is 0 Å². The molecule has 2 N–H and O–H groups in total. The average Bonchev–Trinajstić information content (AvgIpc) is 3.07. The van der Waals surface area contributed by atoms with Gasteiger partial charge in [-0.25, -0.2) is 0 Å². The van der Waals surface area contributed by atoms with Crippen LogP contribution in [0.15, 0.2) is 60.9 Å². The number of pyridine rings is 1. The van der Waals surface area contributed by atoms with E-state index in [1.54, 1.807) is 18.5 Å². The molecule has 1 amide bonds. The Morgan fingerprint density at radius 2 is 1.92 bits per heavy atom. The highest BCUT2D eigenvalue weighted by molar-refractivity contribution is 7.19. The molecule has 3 aromatic rings. The molecule has 0 radical (unpaired) electrons. The minimum atomic E-state index is -0.242. The second-order valence-corrected chi connectivity index (χ2v) is 5.84. The second kappa shape index (κ2) is 7.98. The fourth-order valence-electron chi connectivity index (χ4n) is 1.91. The summed E-state index contributed by atoms with van der Waals surface area (Å²) >= 11 is 1.28. The molecule has 0 saturated carbocycles.